The first-order chi connectivity index (χ1) is 17.2. The summed E-state index contributed by atoms with van der Waals surface area (Å²) in [5, 5.41) is 4.75. The fourth-order valence-electron chi connectivity index (χ4n) is 6.04. The van der Waals surface area contributed by atoms with Crippen molar-refractivity contribution in [3.8, 4) is 11.3 Å². The van der Waals surface area contributed by atoms with Crippen molar-refractivity contribution in [2.24, 2.45) is 5.92 Å². The van der Waals surface area contributed by atoms with Gasteiger partial charge in [-0.3, -0.25) is 14.5 Å². The van der Waals surface area contributed by atoms with Crippen molar-refractivity contribution >= 4 is 5.82 Å². The van der Waals surface area contributed by atoms with Crippen LogP contribution in [0.3, 0.4) is 0 Å². The largest absolute Gasteiger partial charge is 0.419 e. The molecule has 2 aromatic rings. The number of alkyl halides is 3. The maximum atomic E-state index is 13.4. The van der Waals surface area contributed by atoms with Gasteiger partial charge in [0.05, 0.1) is 30.5 Å². The lowest BCUT2D eigenvalue weighted by molar-refractivity contribution is -0.137. The van der Waals surface area contributed by atoms with Crippen LogP contribution in [0.2, 0.25) is 0 Å². The van der Waals surface area contributed by atoms with Crippen molar-refractivity contribution in [2.45, 2.75) is 56.9 Å². The van der Waals surface area contributed by atoms with E-state index in [-0.39, 0.29) is 6.04 Å². The third-order valence-electron chi connectivity index (χ3n) is 8.53. The number of piperazine rings is 1. The fraction of sp³-hybridized carbons (Fsp3) is 0.615. The lowest BCUT2D eigenvalue weighted by Gasteiger charge is -2.44. The van der Waals surface area contributed by atoms with E-state index in [1.54, 1.807) is 0 Å². The highest BCUT2D eigenvalue weighted by molar-refractivity contribution is 5.64. The summed E-state index contributed by atoms with van der Waals surface area (Å²) in [6, 6.07) is 4.26. The quantitative estimate of drug-likeness (QED) is 0.604. The molecule has 0 aromatic carbocycles. The first-order valence-corrected chi connectivity index (χ1v) is 12.9. The van der Waals surface area contributed by atoms with Gasteiger partial charge < -0.3 is 10.5 Å². The normalized spacial score (nSPS) is 28.0. The van der Waals surface area contributed by atoms with Gasteiger partial charge in [0.1, 0.15) is 5.82 Å². The molecule has 7 nitrogen and oxygen atoms in total. The average Bonchev–Trinajstić information content (AvgIpc) is 3.15. The Morgan fingerprint density at radius 1 is 1.14 bits per heavy atom. The maximum absolute atomic E-state index is 13.4. The van der Waals surface area contributed by atoms with Gasteiger partial charge in [0, 0.05) is 61.6 Å². The number of halogens is 3. The summed E-state index contributed by atoms with van der Waals surface area (Å²) in [5.41, 5.74) is 7.99. The number of aromatic nitrogens is 3. The Bertz CT molecular complexity index is 1160. The number of pyridine rings is 1. The molecule has 194 valence electrons. The highest BCUT2D eigenvalue weighted by Gasteiger charge is 2.52. The second kappa shape index (κ2) is 8.85. The molecule has 2 N–H and O–H groups in total. The summed E-state index contributed by atoms with van der Waals surface area (Å²) in [5.74, 6) is 0.284. The molecule has 0 spiro atoms. The number of ether oxygens (including phenoxy) is 1. The maximum Gasteiger partial charge on any atom is 0.419 e. The summed E-state index contributed by atoms with van der Waals surface area (Å²) in [4.78, 5) is 8.96. The lowest BCUT2D eigenvalue weighted by Crippen LogP contribution is -2.57. The predicted molar refractivity (Wildman–Crippen MR) is 130 cm³/mol. The molecule has 0 bridgehead atoms. The summed E-state index contributed by atoms with van der Waals surface area (Å²) >= 11 is 0. The minimum absolute atomic E-state index is 0.152. The minimum Gasteiger partial charge on any atom is -0.383 e. The number of rotatable bonds is 6. The van der Waals surface area contributed by atoms with E-state index < -0.39 is 17.6 Å². The molecule has 36 heavy (non-hydrogen) atoms. The number of nitrogen functional groups attached to an aromatic ring is 1. The van der Waals surface area contributed by atoms with Crippen LogP contribution in [-0.2, 0) is 10.9 Å². The highest BCUT2D eigenvalue weighted by Crippen LogP contribution is 2.61. The number of fused-ring (bicyclic) bond motifs is 1. The Kier molecular flexibility index (Phi) is 5.88. The van der Waals surface area contributed by atoms with Crippen LogP contribution >= 0.6 is 0 Å². The molecule has 2 aromatic heterocycles. The van der Waals surface area contributed by atoms with Gasteiger partial charge >= 0.3 is 6.18 Å². The standard InChI is InChI=1S/C26H33F3N6O/c1-3-15(2)35-23(11-22(32-35)16-8-21(26(27,28)29)25(30)31-12-16)24-19-9-17(10-20(19)24)33-4-6-34(7-5-33)18-13-36-14-18/h8-9,11-12,15,17-18,20,24H,3-7,10,13-14H2,1-2H3,(H2,30,31)/t15?,17-,20-,24-/m1/s1. The van der Waals surface area contributed by atoms with Crippen molar-refractivity contribution in [1.82, 2.24) is 24.6 Å². The monoisotopic (exact) mass is 502 g/mol. The van der Waals surface area contributed by atoms with Gasteiger partial charge in [0.15, 0.2) is 0 Å². The van der Waals surface area contributed by atoms with E-state index in [2.05, 4.69) is 34.7 Å². The zero-order chi connectivity index (χ0) is 25.2. The number of nitrogens with two attached hydrogens (primary N) is 1. The van der Waals surface area contributed by atoms with Gasteiger partial charge in [-0.25, -0.2) is 4.98 Å². The molecule has 4 aliphatic rings. The van der Waals surface area contributed by atoms with Crippen LogP contribution in [0.1, 0.15) is 49.9 Å². The van der Waals surface area contributed by atoms with E-state index in [4.69, 9.17) is 15.6 Å². The first kappa shape index (κ1) is 23.9. The Hall–Kier alpha value is -2.43. The van der Waals surface area contributed by atoms with E-state index in [9.17, 15) is 13.2 Å². The number of hydrogen-bond donors (Lipinski definition) is 1. The summed E-state index contributed by atoms with van der Waals surface area (Å²) in [6.45, 7) is 10.3. The Labute approximate surface area is 209 Å². The molecular formula is C26H33F3N6O. The Balaban J connectivity index is 1.21. The Morgan fingerprint density at radius 2 is 1.86 bits per heavy atom. The summed E-state index contributed by atoms with van der Waals surface area (Å²) < 4.78 is 47.6. The predicted octanol–water partition coefficient (Wildman–Crippen LogP) is 3.95. The third kappa shape index (κ3) is 4.13. The van der Waals surface area contributed by atoms with E-state index in [0.717, 1.165) is 64.0 Å². The molecular weight excluding hydrogens is 469 g/mol. The number of anilines is 1. The molecule has 4 atom stereocenters. The van der Waals surface area contributed by atoms with Crippen molar-refractivity contribution in [3.63, 3.8) is 0 Å². The van der Waals surface area contributed by atoms with E-state index in [0.29, 0.717) is 35.2 Å². The summed E-state index contributed by atoms with van der Waals surface area (Å²) in [6.07, 6.45) is 1.26. The average molecular weight is 503 g/mol. The van der Waals surface area contributed by atoms with Gasteiger partial charge in [-0.1, -0.05) is 18.6 Å². The van der Waals surface area contributed by atoms with Crippen molar-refractivity contribution < 1.29 is 17.9 Å². The van der Waals surface area contributed by atoms with Crippen LogP contribution in [0.25, 0.3) is 11.3 Å². The first-order valence-electron chi connectivity index (χ1n) is 12.9. The second-order valence-corrected chi connectivity index (χ2v) is 10.6. The second-order valence-electron chi connectivity index (χ2n) is 10.6. The van der Waals surface area contributed by atoms with E-state index in [1.807, 2.05) is 10.7 Å². The van der Waals surface area contributed by atoms with Crippen molar-refractivity contribution in [1.29, 1.82) is 0 Å². The highest BCUT2D eigenvalue weighted by atomic mass is 19.4. The van der Waals surface area contributed by atoms with E-state index >= 15 is 0 Å². The van der Waals surface area contributed by atoms with Crippen LogP contribution < -0.4 is 5.73 Å². The van der Waals surface area contributed by atoms with Gasteiger partial charge in [-0.05, 0) is 37.8 Å². The topological polar surface area (TPSA) is 72.4 Å². The smallest absolute Gasteiger partial charge is 0.383 e. The van der Waals surface area contributed by atoms with Crippen LogP contribution in [0.4, 0.5) is 19.0 Å². The molecule has 3 fully saturated rings. The molecule has 1 saturated carbocycles. The molecule has 2 saturated heterocycles. The van der Waals surface area contributed by atoms with Crippen LogP contribution in [-0.4, -0.2) is 76.0 Å². The lowest BCUT2D eigenvalue weighted by atomic mass is 10.0. The number of nitrogens with zero attached hydrogens (tertiary/aromatic N) is 5. The van der Waals surface area contributed by atoms with Gasteiger partial charge in [-0.2, -0.15) is 18.3 Å². The molecule has 10 heteroatoms. The van der Waals surface area contributed by atoms with E-state index in [1.165, 1.54) is 11.8 Å². The number of allylic oxidation sites excluding steroid dienone is 1. The zero-order valence-corrected chi connectivity index (χ0v) is 20.7. The van der Waals surface area contributed by atoms with Crippen molar-refractivity contribution in [2.75, 3.05) is 45.1 Å². The molecule has 4 heterocycles. The van der Waals surface area contributed by atoms with Crippen LogP contribution in [0, 0.1) is 5.92 Å². The third-order valence-corrected chi connectivity index (χ3v) is 8.53. The SMILES string of the molecule is CCC(C)n1nc(-c2cnc(N)c(C(F)(F)F)c2)cc1[C@@H]1C2=C[C@@H](N3CCN(C4COC4)CC3)C[C@H]21. The molecule has 2 aliphatic carbocycles. The fourth-order valence-corrected chi connectivity index (χ4v) is 6.04. The number of hydrogen-bond acceptors (Lipinski definition) is 6. The molecule has 1 unspecified atom stereocenters. The molecule has 0 radical (unpaired) electrons. The van der Waals surface area contributed by atoms with Crippen LogP contribution in [0.5, 0.6) is 0 Å². The summed E-state index contributed by atoms with van der Waals surface area (Å²) in [7, 11) is 0. The Morgan fingerprint density at radius 3 is 2.44 bits per heavy atom. The van der Waals surface area contributed by atoms with Gasteiger partial charge in [-0.15, -0.1) is 0 Å². The van der Waals surface area contributed by atoms with Gasteiger partial charge in [0.2, 0.25) is 0 Å². The molecule has 2 aliphatic heterocycles. The van der Waals surface area contributed by atoms with Crippen molar-refractivity contribution in [3.05, 3.63) is 41.2 Å². The van der Waals surface area contributed by atoms with Crippen LogP contribution in [0.15, 0.2) is 30.0 Å². The minimum atomic E-state index is -4.56. The molecule has 6 rings (SSSR count). The molecule has 0 amide bonds. The van der Waals surface area contributed by atoms with Gasteiger partial charge in [0.25, 0.3) is 0 Å². The zero-order valence-electron chi connectivity index (χ0n) is 20.7.